The molecule has 0 bridgehead atoms. The summed E-state index contributed by atoms with van der Waals surface area (Å²) >= 11 is 0. The number of amides is 2. The molecular weight excluding hydrogens is 250 g/mol. The van der Waals surface area contributed by atoms with Gasteiger partial charge >= 0.3 is 6.03 Å². The Bertz CT molecular complexity index is 412. The monoisotopic (exact) mass is 267 g/mol. The van der Waals surface area contributed by atoms with Crippen molar-refractivity contribution in [1.82, 2.24) is 15.1 Å². The van der Waals surface area contributed by atoms with E-state index < -0.39 is 0 Å². The van der Waals surface area contributed by atoms with Gasteiger partial charge in [0.1, 0.15) is 0 Å². The first-order valence-electron chi connectivity index (χ1n) is 6.15. The number of carbonyl (C=O) groups excluding carboxylic acids is 1. The quantitative estimate of drug-likeness (QED) is 0.877. The fraction of sp³-hybridized carbons (Fsp3) is 0.462. The van der Waals surface area contributed by atoms with Crippen molar-refractivity contribution in [3.8, 4) is 0 Å². The maximum atomic E-state index is 12.2. The number of hydrogen-bond donors (Lipinski definition) is 1. The Balaban J connectivity index is 0.00000120. The van der Waals surface area contributed by atoms with Crippen LogP contribution in [0.1, 0.15) is 5.56 Å². The predicted molar refractivity (Wildman–Crippen MR) is 72.9 cm³/mol. The van der Waals surface area contributed by atoms with Crippen molar-refractivity contribution in [2.24, 2.45) is 0 Å². The van der Waals surface area contributed by atoms with Crippen LogP contribution < -0.4 is 5.32 Å². The Hall–Kier alpha value is -1.26. The highest BCUT2D eigenvalue weighted by molar-refractivity contribution is 5.85. The normalized spacial score (nSPS) is 22.7. The molecule has 2 saturated heterocycles. The molecular formula is C13H18ClN3O. The van der Waals surface area contributed by atoms with Crippen molar-refractivity contribution in [1.29, 1.82) is 0 Å². The average molecular weight is 268 g/mol. The summed E-state index contributed by atoms with van der Waals surface area (Å²) in [5.74, 6) is 0. The molecule has 2 fully saturated rings. The molecule has 1 aromatic rings. The minimum absolute atomic E-state index is 0. The Morgan fingerprint density at radius 2 is 2.06 bits per heavy atom. The van der Waals surface area contributed by atoms with Crippen molar-refractivity contribution < 1.29 is 4.79 Å². The fourth-order valence-corrected chi connectivity index (χ4v) is 2.63. The molecule has 98 valence electrons. The first-order valence-corrected chi connectivity index (χ1v) is 6.15. The number of carbonyl (C=O) groups is 1. The highest BCUT2D eigenvalue weighted by atomic mass is 35.5. The molecule has 0 spiro atoms. The Kier molecular flexibility index (Phi) is 4.09. The van der Waals surface area contributed by atoms with E-state index in [1.807, 2.05) is 28.0 Å². The smallest absolute Gasteiger partial charge is 0.318 e. The number of urea groups is 1. The number of benzene rings is 1. The SMILES string of the molecule is Cl.O=C1N(Cc2ccccc2)CC2CNCCN12. The zero-order valence-electron chi connectivity index (χ0n) is 10.2. The molecule has 0 aromatic heterocycles. The van der Waals surface area contributed by atoms with Crippen LogP contribution in [-0.4, -0.2) is 48.1 Å². The van der Waals surface area contributed by atoms with Crippen LogP contribution in [0.3, 0.4) is 0 Å². The van der Waals surface area contributed by atoms with Crippen molar-refractivity contribution in [3.63, 3.8) is 0 Å². The Morgan fingerprint density at radius 1 is 1.28 bits per heavy atom. The van der Waals surface area contributed by atoms with Gasteiger partial charge in [-0.25, -0.2) is 4.79 Å². The molecule has 5 heteroatoms. The highest BCUT2D eigenvalue weighted by Gasteiger charge is 2.37. The van der Waals surface area contributed by atoms with Gasteiger partial charge < -0.3 is 15.1 Å². The van der Waals surface area contributed by atoms with Crippen LogP contribution in [-0.2, 0) is 6.54 Å². The number of nitrogens with one attached hydrogen (secondary N) is 1. The second-order valence-electron chi connectivity index (χ2n) is 4.70. The van der Waals surface area contributed by atoms with Crippen molar-refractivity contribution in [2.75, 3.05) is 26.2 Å². The molecule has 2 amide bonds. The molecule has 0 saturated carbocycles. The van der Waals surface area contributed by atoms with Crippen LogP contribution >= 0.6 is 12.4 Å². The summed E-state index contributed by atoms with van der Waals surface area (Å²) in [6.07, 6.45) is 0. The maximum absolute atomic E-state index is 12.2. The van der Waals surface area contributed by atoms with Gasteiger partial charge in [-0.3, -0.25) is 0 Å². The van der Waals surface area contributed by atoms with Gasteiger partial charge in [0.15, 0.2) is 0 Å². The number of nitrogens with zero attached hydrogens (tertiary/aromatic N) is 2. The van der Waals surface area contributed by atoms with E-state index in [4.69, 9.17) is 0 Å². The van der Waals surface area contributed by atoms with E-state index in [0.717, 1.165) is 32.7 Å². The lowest BCUT2D eigenvalue weighted by molar-refractivity contribution is 0.178. The zero-order chi connectivity index (χ0) is 11.7. The molecule has 2 heterocycles. The number of piperazine rings is 1. The Morgan fingerprint density at radius 3 is 2.78 bits per heavy atom. The molecule has 2 aliphatic heterocycles. The molecule has 0 radical (unpaired) electrons. The average Bonchev–Trinajstić information content (AvgIpc) is 2.68. The van der Waals surface area contributed by atoms with Crippen LogP contribution in [0.2, 0.25) is 0 Å². The molecule has 0 aliphatic carbocycles. The van der Waals surface area contributed by atoms with Crippen LogP contribution in [0.25, 0.3) is 0 Å². The summed E-state index contributed by atoms with van der Waals surface area (Å²) in [5.41, 5.74) is 1.20. The van der Waals surface area contributed by atoms with Crippen LogP contribution in [0.15, 0.2) is 30.3 Å². The molecule has 1 aromatic carbocycles. The van der Waals surface area contributed by atoms with Gasteiger partial charge in [0.2, 0.25) is 0 Å². The number of halogens is 1. The van der Waals surface area contributed by atoms with E-state index >= 15 is 0 Å². The topological polar surface area (TPSA) is 35.6 Å². The summed E-state index contributed by atoms with van der Waals surface area (Å²) in [6, 6.07) is 10.7. The molecule has 1 N–H and O–H groups in total. The van der Waals surface area contributed by atoms with E-state index in [2.05, 4.69) is 17.4 Å². The maximum Gasteiger partial charge on any atom is 0.320 e. The van der Waals surface area contributed by atoms with E-state index in [0.29, 0.717) is 6.04 Å². The summed E-state index contributed by atoms with van der Waals surface area (Å²) in [4.78, 5) is 16.1. The molecule has 1 unspecified atom stereocenters. The first kappa shape index (κ1) is 13.2. The van der Waals surface area contributed by atoms with E-state index in [-0.39, 0.29) is 18.4 Å². The number of rotatable bonds is 2. The third kappa shape index (κ3) is 2.44. The van der Waals surface area contributed by atoms with Gasteiger partial charge in [0.05, 0.1) is 6.04 Å². The highest BCUT2D eigenvalue weighted by Crippen LogP contribution is 2.19. The van der Waals surface area contributed by atoms with Gasteiger partial charge in [0.25, 0.3) is 0 Å². The van der Waals surface area contributed by atoms with Crippen molar-refractivity contribution >= 4 is 18.4 Å². The summed E-state index contributed by atoms with van der Waals surface area (Å²) in [7, 11) is 0. The van der Waals surface area contributed by atoms with Crippen LogP contribution in [0.5, 0.6) is 0 Å². The van der Waals surface area contributed by atoms with Gasteiger partial charge in [-0.05, 0) is 5.56 Å². The lowest BCUT2D eigenvalue weighted by Crippen LogP contribution is -2.49. The fourth-order valence-electron chi connectivity index (χ4n) is 2.63. The third-order valence-corrected chi connectivity index (χ3v) is 3.51. The molecule has 4 nitrogen and oxygen atoms in total. The molecule has 2 aliphatic rings. The standard InChI is InChI=1S/C13H17N3O.ClH/c17-13-15(9-11-4-2-1-3-5-11)10-12-8-14-6-7-16(12)13;/h1-5,12,14H,6-10H2;1H. The summed E-state index contributed by atoms with van der Waals surface area (Å²) in [6.45, 7) is 4.26. The number of fused-ring (bicyclic) bond motifs is 1. The van der Waals surface area contributed by atoms with Crippen LogP contribution in [0.4, 0.5) is 4.79 Å². The van der Waals surface area contributed by atoms with Crippen molar-refractivity contribution in [3.05, 3.63) is 35.9 Å². The molecule has 18 heavy (non-hydrogen) atoms. The summed E-state index contributed by atoms with van der Waals surface area (Å²) in [5, 5.41) is 3.34. The summed E-state index contributed by atoms with van der Waals surface area (Å²) < 4.78 is 0. The van der Waals surface area contributed by atoms with Gasteiger partial charge in [-0.2, -0.15) is 0 Å². The minimum atomic E-state index is 0. The molecule has 3 rings (SSSR count). The largest absolute Gasteiger partial charge is 0.320 e. The predicted octanol–water partition coefficient (Wildman–Crippen LogP) is 1.32. The second-order valence-corrected chi connectivity index (χ2v) is 4.70. The zero-order valence-corrected chi connectivity index (χ0v) is 11.0. The third-order valence-electron chi connectivity index (χ3n) is 3.51. The lowest BCUT2D eigenvalue weighted by Gasteiger charge is -2.28. The molecule has 1 atom stereocenters. The van der Waals surface area contributed by atoms with Gasteiger partial charge in [-0.15, -0.1) is 12.4 Å². The lowest BCUT2D eigenvalue weighted by atomic mass is 10.2. The van der Waals surface area contributed by atoms with Crippen molar-refractivity contribution in [2.45, 2.75) is 12.6 Å². The second kappa shape index (κ2) is 5.59. The van der Waals surface area contributed by atoms with E-state index in [9.17, 15) is 4.79 Å². The van der Waals surface area contributed by atoms with Gasteiger partial charge in [-0.1, -0.05) is 30.3 Å². The minimum Gasteiger partial charge on any atom is -0.318 e. The van der Waals surface area contributed by atoms with E-state index in [1.54, 1.807) is 0 Å². The first-order chi connectivity index (χ1) is 8.34. The van der Waals surface area contributed by atoms with Crippen LogP contribution in [0, 0.1) is 0 Å². The number of hydrogen-bond acceptors (Lipinski definition) is 2. The Labute approximate surface area is 113 Å². The van der Waals surface area contributed by atoms with E-state index in [1.165, 1.54) is 5.56 Å². The van der Waals surface area contributed by atoms with Gasteiger partial charge in [0, 0.05) is 32.7 Å².